The number of benzene rings is 1. The first-order valence-corrected chi connectivity index (χ1v) is 6.69. The van der Waals surface area contributed by atoms with Gasteiger partial charge in [0.25, 0.3) is 0 Å². The van der Waals surface area contributed by atoms with Crippen LogP contribution < -0.4 is 47.5 Å². The Hall–Kier alpha value is -0.295. The van der Waals surface area contributed by atoms with Crippen molar-refractivity contribution < 1.29 is 66.4 Å². The van der Waals surface area contributed by atoms with Crippen molar-refractivity contribution in [3.8, 4) is 0 Å². The second-order valence-electron chi connectivity index (χ2n) is 3.54. The van der Waals surface area contributed by atoms with Gasteiger partial charge in [-0.05, 0) is 5.56 Å². The number of carbonyl (C=O) groups excluding carboxylic acids is 2. The molecule has 0 atom stereocenters. The summed E-state index contributed by atoms with van der Waals surface area (Å²) in [5.74, 6) is -0.722. The minimum absolute atomic E-state index is 0. The van der Waals surface area contributed by atoms with Crippen LogP contribution in [0.3, 0.4) is 0 Å². The van der Waals surface area contributed by atoms with Crippen molar-refractivity contribution in [1.82, 2.24) is 0 Å². The van der Waals surface area contributed by atoms with Gasteiger partial charge >= 0.3 is 43.7 Å². The Morgan fingerprint density at radius 3 is 2.10 bits per heavy atom. The summed E-state index contributed by atoms with van der Waals surface area (Å²) in [4.78, 5) is 42.5. The molecule has 9 heteroatoms. The van der Waals surface area contributed by atoms with E-state index in [1.54, 1.807) is 24.3 Å². The quantitative estimate of drug-likeness (QED) is 0.292. The van der Waals surface area contributed by atoms with Crippen molar-refractivity contribution in [1.29, 1.82) is 0 Å². The van der Waals surface area contributed by atoms with Gasteiger partial charge in [0.2, 0.25) is 0 Å². The molecule has 1 aromatic carbocycles. The van der Waals surface area contributed by atoms with Crippen LogP contribution in [-0.4, -0.2) is 11.5 Å². The monoisotopic (exact) mass is 284 g/mol. The summed E-state index contributed by atoms with van der Waals surface area (Å²) in [5, 5.41) is 0. The fraction of sp³-hybridized carbons (Fsp3) is 0.273. The van der Waals surface area contributed by atoms with E-state index in [1.165, 1.54) is 0 Å². The van der Waals surface area contributed by atoms with Gasteiger partial charge in [-0.2, -0.15) is 0 Å². The summed E-state index contributed by atoms with van der Waals surface area (Å²) in [6, 6.07) is 8.86. The maximum atomic E-state index is 11.2. The molecule has 20 heavy (non-hydrogen) atoms. The molecule has 0 fully saturated rings. The van der Waals surface area contributed by atoms with E-state index in [-0.39, 0.29) is 44.3 Å². The Kier molecular flexibility index (Phi) is 11.5. The molecule has 0 saturated carbocycles. The zero-order chi connectivity index (χ0) is 13.6. The fourth-order valence-electron chi connectivity index (χ4n) is 1.16. The Labute approximate surface area is 140 Å². The van der Waals surface area contributed by atoms with Crippen LogP contribution in [0.15, 0.2) is 30.3 Å². The molecule has 0 amide bonds. The van der Waals surface area contributed by atoms with E-state index in [9.17, 15) is 23.9 Å². The Morgan fingerprint density at radius 2 is 1.60 bits per heavy atom. The van der Waals surface area contributed by atoms with Gasteiger partial charge < -0.3 is 19.1 Å². The molecule has 98 valence electrons. The van der Waals surface area contributed by atoms with Gasteiger partial charge in [-0.25, -0.2) is 0 Å². The predicted octanol–water partition coefficient (Wildman–Crippen LogP) is -6.04. The number of carbonyl (C=O) groups is 2. The second kappa shape index (κ2) is 10.4. The maximum Gasteiger partial charge on any atom is 1.00 e. The average molecular weight is 284 g/mol. The fourth-order valence-corrected chi connectivity index (χ4v) is 1.54. The molecule has 6 nitrogen and oxygen atoms in total. The molecule has 1 rings (SSSR count). The van der Waals surface area contributed by atoms with Crippen LogP contribution in [0.25, 0.3) is 0 Å². The number of hydrogen-bond donors (Lipinski definition) is 0. The van der Waals surface area contributed by atoms with Crippen LogP contribution in [0, 0.1) is 0 Å². The normalized spacial score (nSPS) is 9.90. The van der Waals surface area contributed by atoms with E-state index >= 15 is 0 Å². The van der Waals surface area contributed by atoms with Crippen LogP contribution >= 0.6 is 7.60 Å². The van der Waals surface area contributed by atoms with Gasteiger partial charge in [0.15, 0.2) is 5.52 Å². The molecule has 0 heterocycles. The van der Waals surface area contributed by atoms with Crippen LogP contribution in [0.2, 0.25) is 0 Å². The second-order valence-corrected chi connectivity index (χ2v) is 5.03. The van der Waals surface area contributed by atoms with Crippen LogP contribution in [0.1, 0.15) is 18.4 Å². The van der Waals surface area contributed by atoms with Crippen molar-refractivity contribution in [2.45, 2.75) is 19.4 Å². The third kappa shape index (κ3) is 8.79. The predicted molar refractivity (Wildman–Crippen MR) is 58.1 cm³/mol. The van der Waals surface area contributed by atoms with E-state index in [0.29, 0.717) is 0 Å². The minimum atomic E-state index is -5.24. The van der Waals surface area contributed by atoms with Gasteiger partial charge in [-0.15, -0.1) is 0 Å². The SMILES string of the molecule is O=C(CCC(=O)P(=O)([O-])[O-])OCc1ccccc1.[Li+].[Li+]. The van der Waals surface area contributed by atoms with Crippen molar-refractivity contribution >= 4 is 19.1 Å². The van der Waals surface area contributed by atoms with Gasteiger partial charge in [-0.1, -0.05) is 30.3 Å². The van der Waals surface area contributed by atoms with E-state index in [4.69, 9.17) is 4.74 Å². The average Bonchev–Trinajstić information content (AvgIpc) is 2.33. The smallest absolute Gasteiger partial charge is 0.805 e. The Balaban J connectivity index is 0. The molecule has 0 radical (unpaired) electrons. The Bertz CT molecular complexity index is 473. The van der Waals surface area contributed by atoms with Crippen LogP contribution in [-0.2, 0) is 25.5 Å². The van der Waals surface area contributed by atoms with E-state index < -0.39 is 31.9 Å². The van der Waals surface area contributed by atoms with Crippen molar-refractivity contribution in [2.75, 3.05) is 0 Å². The molecule has 0 aliphatic carbocycles. The number of ether oxygens (including phenoxy) is 1. The van der Waals surface area contributed by atoms with Crippen LogP contribution in [0.5, 0.6) is 0 Å². The summed E-state index contributed by atoms with van der Waals surface area (Å²) in [7, 11) is -5.24. The molecular weight excluding hydrogens is 273 g/mol. The zero-order valence-corrected chi connectivity index (χ0v) is 12.3. The van der Waals surface area contributed by atoms with Gasteiger partial charge in [-0.3, -0.25) is 9.59 Å². The van der Waals surface area contributed by atoms with E-state index in [0.717, 1.165) is 5.56 Å². The van der Waals surface area contributed by atoms with Gasteiger partial charge in [0.1, 0.15) is 6.61 Å². The standard InChI is InChI=1S/C11H13O6P.2Li/c12-10(6-7-11(13)18(14,15)16)17-8-9-4-2-1-3-5-9;;/h1-5H,6-8H2,(H2,14,15,16);;/q;2*+1/p-2. The van der Waals surface area contributed by atoms with Gasteiger partial charge in [0, 0.05) is 14.0 Å². The molecule has 1 aromatic rings. The van der Waals surface area contributed by atoms with E-state index in [1.807, 2.05) is 6.07 Å². The summed E-state index contributed by atoms with van der Waals surface area (Å²) in [6.07, 6.45) is -1.06. The van der Waals surface area contributed by atoms with Crippen LogP contribution in [0.4, 0.5) is 0 Å². The first-order valence-electron chi connectivity index (χ1n) is 5.14. The molecule has 0 aromatic heterocycles. The number of rotatable bonds is 6. The summed E-state index contributed by atoms with van der Waals surface area (Å²) in [5.41, 5.74) is -0.699. The summed E-state index contributed by atoms with van der Waals surface area (Å²) < 4.78 is 15.1. The van der Waals surface area contributed by atoms with Crippen molar-refractivity contribution in [3.05, 3.63) is 35.9 Å². The Morgan fingerprint density at radius 1 is 1.05 bits per heavy atom. The summed E-state index contributed by atoms with van der Waals surface area (Å²) in [6.45, 7) is 0.0419. The third-order valence-electron chi connectivity index (χ3n) is 2.09. The zero-order valence-electron chi connectivity index (χ0n) is 11.4. The molecule has 0 aliphatic rings. The molecule has 0 spiro atoms. The van der Waals surface area contributed by atoms with Gasteiger partial charge in [0.05, 0.1) is 6.42 Å². The van der Waals surface area contributed by atoms with Crippen molar-refractivity contribution in [2.24, 2.45) is 0 Å². The van der Waals surface area contributed by atoms with E-state index in [2.05, 4.69) is 0 Å². The topological polar surface area (TPSA) is 107 Å². The molecular formula is C11H11Li2O6P. The minimum Gasteiger partial charge on any atom is -0.805 e. The summed E-state index contributed by atoms with van der Waals surface area (Å²) >= 11 is 0. The first kappa shape index (κ1) is 22.0. The third-order valence-corrected chi connectivity index (χ3v) is 2.93. The van der Waals surface area contributed by atoms with Crippen molar-refractivity contribution in [3.63, 3.8) is 0 Å². The first-order chi connectivity index (χ1) is 8.39. The molecule has 0 N–H and O–H groups in total. The number of hydrogen-bond acceptors (Lipinski definition) is 6. The maximum absolute atomic E-state index is 11.2. The number of esters is 1. The molecule has 0 unspecified atom stereocenters. The molecule has 0 aliphatic heterocycles. The molecule has 0 saturated heterocycles. The largest absolute Gasteiger partial charge is 1.00 e. The molecule has 0 bridgehead atoms.